The largest absolute Gasteiger partial charge is 0.341 e. The van der Waals surface area contributed by atoms with E-state index >= 15 is 0 Å². The van der Waals surface area contributed by atoms with Crippen molar-refractivity contribution in [1.82, 2.24) is 10.3 Å². The van der Waals surface area contributed by atoms with Crippen LogP contribution in [0.25, 0.3) is 0 Å². The Morgan fingerprint density at radius 3 is 2.63 bits per heavy atom. The van der Waals surface area contributed by atoms with E-state index in [1.807, 2.05) is 44.2 Å². The second kappa shape index (κ2) is 5.84. The van der Waals surface area contributed by atoms with Gasteiger partial charge in [0.25, 0.3) is 5.91 Å². The summed E-state index contributed by atoms with van der Waals surface area (Å²) in [6.45, 7) is 3.89. The first-order valence-electron chi connectivity index (χ1n) is 5.91. The zero-order valence-corrected chi connectivity index (χ0v) is 13.2. The number of thiazole rings is 1. The maximum Gasteiger partial charge on any atom is 0.271 e. The summed E-state index contributed by atoms with van der Waals surface area (Å²) in [6.07, 6.45) is 0. The van der Waals surface area contributed by atoms with Crippen LogP contribution in [-0.4, -0.2) is 16.2 Å². The van der Waals surface area contributed by atoms with E-state index in [-0.39, 0.29) is 5.91 Å². The molecule has 2 aromatic rings. The molecule has 1 heterocycles. The van der Waals surface area contributed by atoms with Crippen LogP contribution in [0.15, 0.2) is 35.7 Å². The number of rotatable bonds is 4. The van der Waals surface area contributed by atoms with Crippen molar-refractivity contribution in [3.05, 3.63) is 52.0 Å². The predicted octanol–water partition coefficient (Wildman–Crippen LogP) is 3.49. The van der Waals surface area contributed by atoms with Crippen molar-refractivity contribution in [1.29, 1.82) is 0 Å². The third-order valence-electron chi connectivity index (χ3n) is 2.92. The van der Waals surface area contributed by atoms with Gasteiger partial charge in [0, 0.05) is 10.7 Å². The van der Waals surface area contributed by atoms with Crippen LogP contribution in [0.2, 0.25) is 0 Å². The highest BCUT2D eigenvalue weighted by atomic mass is 79.9. The number of halogens is 1. The van der Waals surface area contributed by atoms with Gasteiger partial charge in [-0.2, -0.15) is 0 Å². The summed E-state index contributed by atoms with van der Waals surface area (Å²) < 4.78 is 0. The highest BCUT2D eigenvalue weighted by molar-refractivity contribution is 9.09. The molecule has 1 amide bonds. The van der Waals surface area contributed by atoms with E-state index in [1.165, 1.54) is 11.3 Å². The van der Waals surface area contributed by atoms with E-state index < -0.39 is 5.54 Å². The smallest absolute Gasteiger partial charge is 0.271 e. The molecule has 0 spiro atoms. The van der Waals surface area contributed by atoms with Crippen LogP contribution in [-0.2, 0) is 5.54 Å². The van der Waals surface area contributed by atoms with Crippen molar-refractivity contribution in [2.24, 2.45) is 0 Å². The Balaban J connectivity index is 2.22. The van der Waals surface area contributed by atoms with Crippen molar-refractivity contribution in [2.75, 3.05) is 5.33 Å². The Labute approximate surface area is 125 Å². The standard InChI is InChI=1S/C14H15BrN2OS/c1-10-16-12(8-19-10)13(18)17-14(2,9-15)11-6-4-3-5-7-11/h3-8H,9H2,1-2H3,(H,17,18). The Morgan fingerprint density at radius 1 is 1.42 bits per heavy atom. The number of carbonyl (C=O) groups excluding carboxylic acids is 1. The summed E-state index contributed by atoms with van der Waals surface area (Å²) in [5.41, 5.74) is 1.09. The average Bonchev–Trinajstić information content (AvgIpc) is 2.86. The summed E-state index contributed by atoms with van der Waals surface area (Å²) in [5, 5.41) is 6.36. The van der Waals surface area contributed by atoms with Gasteiger partial charge in [-0.25, -0.2) is 4.98 Å². The minimum Gasteiger partial charge on any atom is -0.341 e. The third-order valence-corrected chi connectivity index (χ3v) is 4.81. The zero-order valence-electron chi connectivity index (χ0n) is 10.8. The lowest BCUT2D eigenvalue weighted by atomic mass is 9.94. The molecule has 0 aliphatic rings. The van der Waals surface area contributed by atoms with Crippen LogP contribution in [0.3, 0.4) is 0 Å². The van der Waals surface area contributed by atoms with Gasteiger partial charge in [-0.15, -0.1) is 11.3 Å². The average molecular weight is 339 g/mol. The van der Waals surface area contributed by atoms with Crippen molar-refractivity contribution in [3.8, 4) is 0 Å². The second-order valence-electron chi connectivity index (χ2n) is 4.54. The van der Waals surface area contributed by atoms with E-state index in [4.69, 9.17) is 0 Å². The van der Waals surface area contributed by atoms with Gasteiger partial charge in [0.05, 0.1) is 10.5 Å². The number of hydrogen-bond acceptors (Lipinski definition) is 3. The first-order chi connectivity index (χ1) is 9.05. The second-order valence-corrected chi connectivity index (χ2v) is 6.16. The van der Waals surface area contributed by atoms with Crippen LogP contribution < -0.4 is 5.32 Å². The molecule has 0 aliphatic heterocycles. The monoisotopic (exact) mass is 338 g/mol. The number of nitrogens with zero attached hydrogens (tertiary/aromatic N) is 1. The minimum absolute atomic E-state index is 0.143. The van der Waals surface area contributed by atoms with Crippen LogP contribution in [0.4, 0.5) is 0 Å². The molecule has 0 saturated carbocycles. The first kappa shape index (κ1) is 14.2. The highest BCUT2D eigenvalue weighted by Crippen LogP contribution is 2.23. The predicted molar refractivity (Wildman–Crippen MR) is 81.9 cm³/mol. The summed E-state index contributed by atoms with van der Waals surface area (Å²) in [4.78, 5) is 16.4. The van der Waals surface area contributed by atoms with Crippen molar-refractivity contribution in [2.45, 2.75) is 19.4 Å². The van der Waals surface area contributed by atoms with Gasteiger partial charge < -0.3 is 5.32 Å². The van der Waals surface area contributed by atoms with E-state index in [9.17, 15) is 4.79 Å². The molecule has 1 unspecified atom stereocenters. The molecule has 0 aliphatic carbocycles. The number of aromatic nitrogens is 1. The van der Waals surface area contributed by atoms with Crippen molar-refractivity contribution >= 4 is 33.2 Å². The minimum atomic E-state index is -0.449. The molecule has 0 radical (unpaired) electrons. The van der Waals surface area contributed by atoms with E-state index in [0.717, 1.165) is 10.6 Å². The summed E-state index contributed by atoms with van der Waals surface area (Å²) in [6, 6.07) is 9.91. The fraction of sp³-hybridized carbons (Fsp3) is 0.286. The quantitative estimate of drug-likeness (QED) is 0.867. The number of hydrogen-bond donors (Lipinski definition) is 1. The molecule has 1 N–H and O–H groups in total. The number of alkyl halides is 1. The summed E-state index contributed by atoms with van der Waals surface area (Å²) in [7, 11) is 0. The fourth-order valence-electron chi connectivity index (χ4n) is 1.77. The van der Waals surface area contributed by atoms with Gasteiger partial charge in [-0.05, 0) is 19.4 Å². The van der Waals surface area contributed by atoms with Gasteiger partial charge in [0.1, 0.15) is 5.69 Å². The van der Waals surface area contributed by atoms with Gasteiger partial charge in [0.2, 0.25) is 0 Å². The van der Waals surface area contributed by atoms with Crippen LogP contribution >= 0.6 is 27.3 Å². The van der Waals surface area contributed by atoms with Crippen LogP contribution in [0, 0.1) is 6.92 Å². The molecule has 100 valence electrons. The Hall–Kier alpha value is -1.20. The molecule has 1 aromatic heterocycles. The van der Waals surface area contributed by atoms with Crippen molar-refractivity contribution < 1.29 is 4.79 Å². The lowest BCUT2D eigenvalue weighted by Crippen LogP contribution is -2.45. The number of nitrogens with one attached hydrogen (secondary N) is 1. The molecular weight excluding hydrogens is 324 g/mol. The van der Waals surface area contributed by atoms with Crippen LogP contribution in [0.1, 0.15) is 28.0 Å². The molecule has 1 atom stereocenters. The Kier molecular flexibility index (Phi) is 4.37. The maximum atomic E-state index is 12.2. The highest BCUT2D eigenvalue weighted by Gasteiger charge is 2.28. The maximum absolute atomic E-state index is 12.2. The number of benzene rings is 1. The number of carbonyl (C=O) groups is 1. The van der Waals surface area contributed by atoms with Gasteiger partial charge in [-0.3, -0.25) is 4.79 Å². The molecule has 19 heavy (non-hydrogen) atoms. The van der Waals surface area contributed by atoms with E-state index in [0.29, 0.717) is 11.0 Å². The SMILES string of the molecule is Cc1nc(C(=O)NC(C)(CBr)c2ccccc2)cs1. The van der Waals surface area contributed by atoms with Crippen molar-refractivity contribution in [3.63, 3.8) is 0 Å². The van der Waals surface area contributed by atoms with Gasteiger partial charge in [-0.1, -0.05) is 46.3 Å². The molecule has 1 aromatic carbocycles. The molecule has 5 heteroatoms. The van der Waals surface area contributed by atoms with E-state index in [1.54, 1.807) is 5.38 Å². The van der Waals surface area contributed by atoms with Crippen LogP contribution in [0.5, 0.6) is 0 Å². The Morgan fingerprint density at radius 2 is 2.11 bits per heavy atom. The Bertz CT molecular complexity index is 570. The lowest BCUT2D eigenvalue weighted by molar-refractivity contribution is 0.0909. The zero-order chi connectivity index (χ0) is 13.9. The first-order valence-corrected chi connectivity index (χ1v) is 7.91. The normalized spacial score (nSPS) is 13.8. The fourth-order valence-corrected chi connectivity index (χ4v) is 2.83. The molecule has 2 rings (SSSR count). The summed E-state index contributed by atoms with van der Waals surface area (Å²) in [5.74, 6) is -0.143. The van der Waals surface area contributed by atoms with E-state index in [2.05, 4.69) is 26.2 Å². The molecule has 0 bridgehead atoms. The summed E-state index contributed by atoms with van der Waals surface area (Å²) >= 11 is 4.96. The number of aryl methyl sites for hydroxylation is 1. The van der Waals surface area contributed by atoms with Gasteiger partial charge >= 0.3 is 0 Å². The lowest BCUT2D eigenvalue weighted by Gasteiger charge is -2.29. The number of amides is 1. The molecular formula is C14H15BrN2OS. The molecule has 0 saturated heterocycles. The molecule has 3 nitrogen and oxygen atoms in total. The van der Waals surface area contributed by atoms with Gasteiger partial charge in [0.15, 0.2) is 0 Å². The third kappa shape index (κ3) is 3.22. The topological polar surface area (TPSA) is 42.0 Å². The molecule has 0 fully saturated rings.